The second kappa shape index (κ2) is 6.82. The molecule has 0 heterocycles. The molecule has 0 spiro atoms. The third-order valence-corrected chi connectivity index (χ3v) is 4.14. The molecule has 1 aliphatic carbocycles. The molecular weight excluding hydrogens is 268 g/mol. The number of nitrogens with one attached hydrogen (secondary N) is 1. The van der Waals surface area contributed by atoms with Gasteiger partial charge in [0.25, 0.3) is 0 Å². The smallest absolute Gasteiger partial charge is 0.0642 e. The molecule has 0 aromatic heterocycles. The number of anilines is 1. The molecule has 2 rings (SSSR count). The van der Waals surface area contributed by atoms with E-state index in [-0.39, 0.29) is 0 Å². The zero-order valence-corrected chi connectivity index (χ0v) is 13.9. The van der Waals surface area contributed by atoms with Crippen LogP contribution in [0.4, 0.5) is 5.69 Å². The first kappa shape index (κ1) is 15.7. The Morgan fingerprint density at radius 2 is 2.00 bits per heavy atom. The van der Waals surface area contributed by atoms with Crippen LogP contribution in [0.1, 0.15) is 52.1 Å². The van der Waals surface area contributed by atoms with Crippen molar-refractivity contribution in [2.45, 2.75) is 52.6 Å². The predicted octanol–water partition coefficient (Wildman–Crippen LogP) is 4.64. The summed E-state index contributed by atoms with van der Waals surface area (Å²) < 4.78 is 0. The van der Waals surface area contributed by atoms with Gasteiger partial charge in [0.1, 0.15) is 0 Å². The first-order chi connectivity index (χ1) is 9.52. The van der Waals surface area contributed by atoms with Crippen molar-refractivity contribution in [1.82, 2.24) is 5.32 Å². The first-order valence-corrected chi connectivity index (χ1v) is 8.20. The van der Waals surface area contributed by atoms with Gasteiger partial charge in [0.2, 0.25) is 0 Å². The molecule has 2 nitrogen and oxygen atoms in total. The van der Waals surface area contributed by atoms with Crippen LogP contribution in [-0.4, -0.2) is 19.1 Å². The van der Waals surface area contributed by atoms with Crippen LogP contribution >= 0.6 is 11.6 Å². The van der Waals surface area contributed by atoms with Crippen LogP contribution in [0, 0.1) is 5.92 Å². The van der Waals surface area contributed by atoms with Crippen LogP contribution in [0.3, 0.4) is 0 Å². The van der Waals surface area contributed by atoms with Crippen molar-refractivity contribution < 1.29 is 0 Å². The average molecular weight is 295 g/mol. The standard InChI is InChI=1S/C17H27ClN2/c1-5-19-13(4)14-6-9-17(16(18)10-14)20(11-12(2)3)15-7-8-15/h6,9-10,12-13,15,19H,5,7-8,11H2,1-4H3. The molecule has 0 bridgehead atoms. The van der Waals surface area contributed by atoms with E-state index in [1.807, 2.05) is 0 Å². The fourth-order valence-corrected chi connectivity index (χ4v) is 2.97. The Morgan fingerprint density at radius 3 is 2.50 bits per heavy atom. The second-order valence-corrected chi connectivity index (χ2v) is 6.67. The van der Waals surface area contributed by atoms with Crippen molar-refractivity contribution in [2.24, 2.45) is 5.92 Å². The second-order valence-electron chi connectivity index (χ2n) is 6.27. The lowest BCUT2D eigenvalue weighted by Crippen LogP contribution is -2.30. The number of benzene rings is 1. The van der Waals surface area contributed by atoms with Gasteiger partial charge in [-0.2, -0.15) is 0 Å². The van der Waals surface area contributed by atoms with Crippen molar-refractivity contribution in [3.63, 3.8) is 0 Å². The molecule has 1 aromatic rings. The summed E-state index contributed by atoms with van der Waals surface area (Å²) in [4.78, 5) is 2.49. The van der Waals surface area contributed by atoms with Gasteiger partial charge < -0.3 is 10.2 Å². The molecule has 1 unspecified atom stereocenters. The molecule has 3 heteroatoms. The molecule has 112 valence electrons. The molecule has 0 radical (unpaired) electrons. The quantitative estimate of drug-likeness (QED) is 0.788. The van der Waals surface area contributed by atoms with Crippen LogP contribution in [0.5, 0.6) is 0 Å². The molecule has 0 aliphatic heterocycles. The number of rotatable bonds is 7. The van der Waals surface area contributed by atoms with Gasteiger partial charge >= 0.3 is 0 Å². The predicted molar refractivity (Wildman–Crippen MR) is 88.7 cm³/mol. The number of hydrogen-bond donors (Lipinski definition) is 1. The first-order valence-electron chi connectivity index (χ1n) is 7.82. The number of nitrogens with zero attached hydrogens (tertiary/aromatic N) is 1. The van der Waals surface area contributed by atoms with E-state index in [2.05, 4.69) is 56.1 Å². The molecule has 1 aliphatic rings. The fourth-order valence-electron chi connectivity index (χ4n) is 2.67. The van der Waals surface area contributed by atoms with Gasteiger partial charge in [0.15, 0.2) is 0 Å². The van der Waals surface area contributed by atoms with Crippen molar-refractivity contribution in [1.29, 1.82) is 0 Å². The number of halogens is 1. The molecule has 0 saturated heterocycles. The van der Waals surface area contributed by atoms with E-state index in [0.717, 1.165) is 18.1 Å². The molecule has 1 atom stereocenters. The summed E-state index contributed by atoms with van der Waals surface area (Å²) in [6.07, 6.45) is 2.61. The highest BCUT2D eigenvalue weighted by atomic mass is 35.5. The summed E-state index contributed by atoms with van der Waals surface area (Å²) >= 11 is 6.55. The van der Waals surface area contributed by atoms with E-state index in [0.29, 0.717) is 18.0 Å². The molecule has 20 heavy (non-hydrogen) atoms. The van der Waals surface area contributed by atoms with Gasteiger partial charge in [-0.15, -0.1) is 0 Å². The van der Waals surface area contributed by atoms with Crippen LogP contribution in [-0.2, 0) is 0 Å². The summed E-state index contributed by atoms with van der Waals surface area (Å²) in [5.41, 5.74) is 2.47. The van der Waals surface area contributed by atoms with E-state index in [9.17, 15) is 0 Å². The highest BCUT2D eigenvalue weighted by Gasteiger charge is 2.30. The van der Waals surface area contributed by atoms with Crippen molar-refractivity contribution in [3.8, 4) is 0 Å². The van der Waals surface area contributed by atoms with Crippen molar-refractivity contribution >= 4 is 17.3 Å². The number of hydrogen-bond acceptors (Lipinski definition) is 2. The largest absolute Gasteiger partial charge is 0.367 e. The Bertz CT molecular complexity index is 441. The van der Waals surface area contributed by atoms with E-state index < -0.39 is 0 Å². The van der Waals surface area contributed by atoms with E-state index >= 15 is 0 Å². The fraction of sp³-hybridized carbons (Fsp3) is 0.647. The Labute approximate surface area is 128 Å². The molecule has 0 amide bonds. The van der Waals surface area contributed by atoms with Gasteiger partial charge in [-0.3, -0.25) is 0 Å². The Hall–Kier alpha value is -0.730. The molecule has 1 aromatic carbocycles. The Kier molecular flexibility index (Phi) is 5.34. The monoisotopic (exact) mass is 294 g/mol. The minimum Gasteiger partial charge on any atom is -0.367 e. The minimum absolute atomic E-state index is 0.353. The van der Waals surface area contributed by atoms with Crippen LogP contribution in [0.25, 0.3) is 0 Å². The van der Waals surface area contributed by atoms with Crippen LogP contribution < -0.4 is 10.2 Å². The summed E-state index contributed by atoms with van der Waals surface area (Å²) in [6.45, 7) is 10.9. The SMILES string of the molecule is CCNC(C)c1ccc(N(CC(C)C)C2CC2)c(Cl)c1. The lowest BCUT2D eigenvalue weighted by atomic mass is 10.1. The van der Waals surface area contributed by atoms with E-state index in [4.69, 9.17) is 11.6 Å². The van der Waals surface area contributed by atoms with Crippen molar-refractivity contribution in [2.75, 3.05) is 18.0 Å². The van der Waals surface area contributed by atoms with Gasteiger partial charge in [-0.25, -0.2) is 0 Å². The van der Waals surface area contributed by atoms with Gasteiger partial charge in [-0.05, 0) is 49.9 Å². The van der Waals surface area contributed by atoms with Crippen LogP contribution in [0.15, 0.2) is 18.2 Å². The van der Waals surface area contributed by atoms with Crippen molar-refractivity contribution in [3.05, 3.63) is 28.8 Å². The Balaban J connectivity index is 2.18. The lowest BCUT2D eigenvalue weighted by Gasteiger charge is -2.28. The lowest BCUT2D eigenvalue weighted by molar-refractivity contribution is 0.596. The topological polar surface area (TPSA) is 15.3 Å². The highest BCUT2D eigenvalue weighted by Crippen LogP contribution is 2.37. The van der Waals surface area contributed by atoms with Gasteiger partial charge in [0, 0.05) is 18.6 Å². The van der Waals surface area contributed by atoms with Crippen LogP contribution in [0.2, 0.25) is 5.02 Å². The van der Waals surface area contributed by atoms with E-state index in [1.165, 1.54) is 24.1 Å². The zero-order valence-electron chi connectivity index (χ0n) is 13.1. The minimum atomic E-state index is 0.353. The molecule has 1 saturated carbocycles. The summed E-state index contributed by atoms with van der Waals surface area (Å²) in [6, 6.07) is 7.59. The summed E-state index contributed by atoms with van der Waals surface area (Å²) in [7, 11) is 0. The highest BCUT2D eigenvalue weighted by molar-refractivity contribution is 6.33. The third kappa shape index (κ3) is 3.89. The maximum atomic E-state index is 6.55. The van der Waals surface area contributed by atoms with Gasteiger partial charge in [0.05, 0.1) is 10.7 Å². The maximum absolute atomic E-state index is 6.55. The zero-order chi connectivity index (χ0) is 14.7. The van der Waals surface area contributed by atoms with E-state index in [1.54, 1.807) is 0 Å². The normalized spacial score (nSPS) is 16.5. The third-order valence-electron chi connectivity index (χ3n) is 3.84. The molecule has 1 N–H and O–H groups in total. The molecule has 1 fully saturated rings. The van der Waals surface area contributed by atoms with Gasteiger partial charge in [-0.1, -0.05) is 38.4 Å². The Morgan fingerprint density at radius 1 is 1.30 bits per heavy atom. The molecular formula is C17H27ClN2. The maximum Gasteiger partial charge on any atom is 0.0642 e. The average Bonchev–Trinajstić information content (AvgIpc) is 3.20. The summed E-state index contributed by atoms with van der Waals surface area (Å²) in [5, 5.41) is 4.32. The summed E-state index contributed by atoms with van der Waals surface area (Å²) in [5.74, 6) is 0.659.